The van der Waals surface area contributed by atoms with Crippen LogP contribution in [-0.2, 0) is 7.05 Å². The molecule has 64 heavy (non-hydrogen) atoms. The van der Waals surface area contributed by atoms with Crippen LogP contribution in [0.2, 0.25) is 0 Å². The van der Waals surface area contributed by atoms with E-state index in [4.69, 9.17) is 14.7 Å². The molecule has 15 rings (SSSR count). The minimum atomic E-state index is 0.740. The molecule has 0 bridgehead atoms. The zero-order valence-corrected chi connectivity index (χ0v) is 34.5. The lowest BCUT2D eigenvalue weighted by molar-refractivity contribution is 0.484. The van der Waals surface area contributed by atoms with Gasteiger partial charge in [-0.1, -0.05) is 91.0 Å². The fourth-order valence-electron chi connectivity index (χ4n) is 11.0. The minimum absolute atomic E-state index is 0.740. The van der Waals surface area contributed by atoms with Gasteiger partial charge >= 0.3 is 0 Å². The molecule has 0 amide bonds. The highest BCUT2D eigenvalue weighted by atomic mass is 16.5. The Labute approximate surface area is 363 Å². The number of pyridine rings is 2. The molecule has 298 valence electrons. The molecule has 7 nitrogen and oxygen atoms in total. The van der Waals surface area contributed by atoms with Gasteiger partial charge in [-0.25, -0.2) is 9.97 Å². The quantitative estimate of drug-likeness (QED) is 0.167. The van der Waals surface area contributed by atoms with E-state index in [1.807, 2.05) is 0 Å². The maximum absolute atomic E-state index is 6.90. The van der Waals surface area contributed by atoms with Crippen LogP contribution in [0.4, 0.5) is 0 Å². The van der Waals surface area contributed by atoms with Crippen molar-refractivity contribution < 1.29 is 4.74 Å². The summed E-state index contributed by atoms with van der Waals surface area (Å²) in [6.45, 7) is 0. The largest absolute Gasteiger partial charge is 0.457 e. The predicted octanol–water partition coefficient (Wildman–Crippen LogP) is 14.4. The van der Waals surface area contributed by atoms with Crippen LogP contribution in [0.15, 0.2) is 188 Å². The van der Waals surface area contributed by atoms with Crippen LogP contribution in [-0.4, -0.2) is 27.9 Å². The fourth-order valence-corrected chi connectivity index (χ4v) is 11.0. The van der Waals surface area contributed by atoms with E-state index in [9.17, 15) is 0 Å². The van der Waals surface area contributed by atoms with Gasteiger partial charge in [0.25, 0.3) is 0 Å². The van der Waals surface area contributed by atoms with Gasteiger partial charge in [-0.15, -0.1) is 0 Å². The Morgan fingerprint density at radius 3 is 1.44 bits per heavy atom. The monoisotopic (exact) mass is 818 g/mol. The van der Waals surface area contributed by atoms with Gasteiger partial charge in [0.2, 0.25) is 0 Å². The van der Waals surface area contributed by atoms with Crippen molar-refractivity contribution in [3.63, 3.8) is 0 Å². The van der Waals surface area contributed by atoms with Crippen LogP contribution in [0.5, 0.6) is 11.5 Å². The first-order chi connectivity index (χ1) is 31.7. The minimum Gasteiger partial charge on any atom is -0.457 e. The molecule has 0 unspecified atom stereocenters. The van der Waals surface area contributed by atoms with Crippen molar-refractivity contribution >= 4 is 120 Å². The predicted molar refractivity (Wildman–Crippen MR) is 264 cm³/mol. The Morgan fingerprint density at radius 2 is 0.828 bits per heavy atom. The standard InChI is InChI=1S/C57H34N6O/c1-60-46-19-9-5-15-40(46)52-50(60)29-27-38-36-25-23-34(31-42(36)56-58-44-17-7-11-21-48(44)62(56)54(38)52)64-35-24-26-37-39-28-30-51-53(41-16-6-10-20-47(41)61(51)33-13-3-2-4-14-33)55(39)63-49-22-12-8-18-45(49)59-57(63)43(37)32-35/h2-32H,1H3. The molecule has 6 aromatic heterocycles. The lowest BCUT2D eigenvalue weighted by Crippen LogP contribution is -1.96. The topological polar surface area (TPSA) is 53.7 Å². The van der Waals surface area contributed by atoms with E-state index in [0.29, 0.717) is 0 Å². The number of ether oxygens (including phenoxy) is 1. The van der Waals surface area contributed by atoms with E-state index in [2.05, 4.69) is 213 Å². The second-order valence-corrected chi connectivity index (χ2v) is 17.0. The second-order valence-electron chi connectivity index (χ2n) is 17.0. The van der Waals surface area contributed by atoms with Gasteiger partial charge in [0.05, 0.1) is 49.7 Å². The van der Waals surface area contributed by atoms with E-state index < -0.39 is 0 Å². The molecule has 0 aliphatic heterocycles. The molecule has 0 aliphatic carbocycles. The first kappa shape index (κ1) is 34.0. The van der Waals surface area contributed by atoms with Crippen LogP contribution < -0.4 is 4.74 Å². The van der Waals surface area contributed by atoms with Crippen molar-refractivity contribution in [1.82, 2.24) is 27.9 Å². The highest BCUT2D eigenvalue weighted by Gasteiger charge is 2.23. The van der Waals surface area contributed by atoms with Crippen molar-refractivity contribution in [2.45, 2.75) is 0 Å². The molecule has 0 atom stereocenters. The number of imidazole rings is 2. The number of hydrogen-bond acceptors (Lipinski definition) is 3. The van der Waals surface area contributed by atoms with Gasteiger partial charge in [-0.2, -0.15) is 0 Å². The van der Waals surface area contributed by atoms with Crippen molar-refractivity contribution in [2.24, 2.45) is 7.05 Å². The van der Waals surface area contributed by atoms with E-state index in [1.165, 1.54) is 49.0 Å². The summed E-state index contributed by atoms with van der Waals surface area (Å²) >= 11 is 0. The smallest absolute Gasteiger partial charge is 0.146 e. The van der Waals surface area contributed by atoms with Crippen LogP contribution in [0, 0.1) is 0 Å². The maximum Gasteiger partial charge on any atom is 0.146 e. The van der Waals surface area contributed by atoms with Gasteiger partial charge in [0.15, 0.2) is 0 Å². The number of nitrogens with zero attached hydrogens (tertiary/aromatic N) is 6. The van der Waals surface area contributed by atoms with E-state index in [-0.39, 0.29) is 0 Å². The fraction of sp³-hybridized carbons (Fsp3) is 0.0175. The van der Waals surface area contributed by atoms with Gasteiger partial charge in [0, 0.05) is 61.3 Å². The molecule has 6 heterocycles. The Balaban J connectivity index is 0.967. The van der Waals surface area contributed by atoms with Crippen LogP contribution in [0.1, 0.15) is 0 Å². The number of aromatic nitrogens is 6. The third-order valence-electron chi connectivity index (χ3n) is 13.7. The molecule has 0 spiro atoms. The Morgan fingerprint density at radius 1 is 0.359 bits per heavy atom. The lowest BCUT2D eigenvalue weighted by atomic mass is 10.0. The Bertz CT molecular complexity index is 4530. The zero-order valence-electron chi connectivity index (χ0n) is 34.5. The highest BCUT2D eigenvalue weighted by molar-refractivity contribution is 6.28. The van der Waals surface area contributed by atoms with Crippen LogP contribution >= 0.6 is 0 Å². The molecule has 0 saturated heterocycles. The average Bonchev–Trinajstić information content (AvgIpc) is 4.10. The van der Waals surface area contributed by atoms with Crippen molar-refractivity contribution in [3.8, 4) is 17.2 Å². The number of para-hydroxylation sites is 7. The molecule has 0 saturated carbocycles. The summed E-state index contributed by atoms with van der Waals surface area (Å²) < 4.78 is 16.3. The summed E-state index contributed by atoms with van der Waals surface area (Å²) in [5.74, 6) is 1.48. The Hall–Kier alpha value is -8.68. The third kappa shape index (κ3) is 4.34. The first-order valence-corrected chi connectivity index (χ1v) is 21.7. The zero-order chi connectivity index (χ0) is 41.8. The van der Waals surface area contributed by atoms with E-state index in [1.54, 1.807) is 0 Å². The Kier molecular flexibility index (Phi) is 6.50. The molecule has 0 N–H and O–H groups in total. The van der Waals surface area contributed by atoms with E-state index in [0.717, 1.165) is 88.5 Å². The van der Waals surface area contributed by atoms with E-state index >= 15 is 0 Å². The van der Waals surface area contributed by atoms with Gasteiger partial charge in [-0.05, 0) is 108 Å². The van der Waals surface area contributed by atoms with Gasteiger partial charge < -0.3 is 13.9 Å². The first-order valence-electron chi connectivity index (χ1n) is 21.7. The van der Waals surface area contributed by atoms with Gasteiger partial charge in [0.1, 0.15) is 22.8 Å². The lowest BCUT2D eigenvalue weighted by Gasteiger charge is -2.14. The second kappa shape index (κ2) is 12.2. The number of hydrogen-bond donors (Lipinski definition) is 0. The molecule has 7 heteroatoms. The molecular weight excluding hydrogens is 785 g/mol. The maximum atomic E-state index is 6.90. The van der Waals surface area contributed by atoms with Crippen LogP contribution in [0.25, 0.3) is 126 Å². The molecule has 0 fully saturated rings. The molecule has 0 radical (unpaired) electrons. The SMILES string of the molecule is Cn1c2ccccc2c2c1ccc1c3ccc(Oc4ccc5c(c4)c4nc6ccccc6n4c4c5ccc5c4c4ccccc4n5-c4ccccc4)cc3c3nc4ccccc4n3c12. The molecule has 0 aliphatic rings. The van der Waals surface area contributed by atoms with Crippen molar-refractivity contribution in [2.75, 3.05) is 0 Å². The average molecular weight is 819 g/mol. The summed E-state index contributed by atoms with van der Waals surface area (Å²) in [5.41, 5.74) is 14.0. The third-order valence-corrected chi connectivity index (χ3v) is 13.7. The number of rotatable bonds is 3. The molecule has 9 aromatic carbocycles. The highest BCUT2D eigenvalue weighted by Crippen LogP contribution is 2.44. The van der Waals surface area contributed by atoms with Gasteiger partial charge in [-0.3, -0.25) is 8.80 Å². The summed E-state index contributed by atoms with van der Waals surface area (Å²) in [7, 11) is 2.16. The number of aryl methyl sites for hydroxylation is 1. The number of fused-ring (bicyclic) bond motifs is 24. The molecular formula is C57H34N6O. The van der Waals surface area contributed by atoms with Crippen molar-refractivity contribution in [3.05, 3.63) is 188 Å². The van der Waals surface area contributed by atoms with Crippen LogP contribution in [0.3, 0.4) is 0 Å². The summed E-state index contributed by atoms with van der Waals surface area (Å²) in [6, 6.07) is 67.0. The normalized spacial score (nSPS) is 12.5. The summed E-state index contributed by atoms with van der Waals surface area (Å²) in [4.78, 5) is 10.7. The molecule has 15 aromatic rings. The summed E-state index contributed by atoms with van der Waals surface area (Å²) in [5, 5.41) is 11.5. The number of benzene rings is 9. The summed E-state index contributed by atoms with van der Waals surface area (Å²) in [6.07, 6.45) is 0. The van der Waals surface area contributed by atoms with Crippen molar-refractivity contribution in [1.29, 1.82) is 0 Å².